The number of sulfonamides is 1. The van der Waals surface area contributed by atoms with E-state index in [4.69, 9.17) is 0 Å². The van der Waals surface area contributed by atoms with Gasteiger partial charge in [0, 0.05) is 5.97 Å². The van der Waals surface area contributed by atoms with Crippen LogP contribution < -0.4 is 14.9 Å². The van der Waals surface area contributed by atoms with Crippen molar-refractivity contribution in [2.24, 2.45) is 0 Å². The number of nitrogens with one attached hydrogen (secondary N) is 1. The van der Waals surface area contributed by atoms with Crippen LogP contribution in [0.1, 0.15) is 12.8 Å². The summed E-state index contributed by atoms with van der Waals surface area (Å²) in [6, 6.07) is 9.78. The molecule has 122 valence electrons. The van der Waals surface area contributed by atoms with Gasteiger partial charge in [-0.3, -0.25) is 0 Å². The Morgan fingerprint density at radius 2 is 1.70 bits per heavy atom. The Bertz CT molecular complexity index is 846. The Morgan fingerprint density at radius 3 is 2.30 bits per heavy atom. The number of carbonyl (C=O) groups excluding carboxylic acids is 2. The van der Waals surface area contributed by atoms with Crippen LogP contribution in [0.25, 0.3) is 10.8 Å². The molecule has 1 atom stereocenters. The van der Waals surface area contributed by atoms with E-state index < -0.39 is 40.8 Å². The molecule has 2 rings (SSSR count). The van der Waals surface area contributed by atoms with Crippen molar-refractivity contribution in [2.45, 2.75) is 23.8 Å². The zero-order valence-corrected chi connectivity index (χ0v) is 12.7. The van der Waals surface area contributed by atoms with Gasteiger partial charge in [-0.2, -0.15) is 0 Å². The van der Waals surface area contributed by atoms with Crippen LogP contribution in [0.2, 0.25) is 0 Å². The number of carboxylic acids is 2. The third-order valence-corrected chi connectivity index (χ3v) is 4.72. The summed E-state index contributed by atoms with van der Waals surface area (Å²) < 4.78 is 26.5. The van der Waals surface area contributed by atoms with Gasteiger partial charge in [0.15, 0.2) is 0 Å². The fourth-order valence-electron chi connectivity index (χ4n) is 2.08. The molecule has 2 aromatic rings. The highest BCUT2D eigenvalue weighted by molar-refractivity contribution is 7.89. The average Bonchev–Trinajstić information content (AvgIpc) is 2.50. The minimum absolute atomic E-state index is 0.115. The van der Waals surface area contributed by atoms with E-state index in [0.29, 0.717) is 5.39 Å². The van der Waals surface area contributed by atoms with Crippen LogP contribution in [-0.4, -0.2) is 26.4 Å². The molecule has 7 nitrogen and oxygen atoms in total. The van der Waals surface area contributed by atoms with Crippen molar-refractivity contribution >= 4 is 32.7 Å². The lowest BCUT2D eigenvalue weighted by Crippen LogP contribution is -2.48. The maximum atomic E-state index is 12.3. The van der Waals surface area contributed by atoms with Gasteiger partial charge in [0.05, 0.1) is 16.9 Å². The first-order chi connectivity index (χ1) is 10.8. The summed E-state index contributed by atoms with van der Waals surface area (Å²) in [5.74, 6) is -3.17. The number of carbonyl (C=O) groups is 2. The minimum atomic E-state index is -4.13. The normalized spacial score (nSPS) is 12.9. The summed E-state index contributed by atoms with van der Waals surface area (Å²) in [5.41, 5.74) is 0. The molecule has 8 heteroatoms. The van der Waals surface area contributed by atoms with E-state index in [2.05, 4.69) is 0 Å². The van der Waals surface area contributed by atoms with Crippen LogP contribution in [0.4, 0.5) is 0 Å². The summed E-state index contributed by atoms with van der Waals surface area (Å²) in [6.45, 7) is 0. The van der Waals surface area contributed by atoms with E-state index in [-0.39, 0.29) is 4.90 Å². The summed E-state index contributed by atoms with van der Waals surface area (Å²) in [6.07, 6.45) is -1.06. The summed E-state index contributed by atoms with van der Waals surface area (Å²) in [4.78, 5) is 21.3. The van der Waals surface area contributed by atoms with Crippen molar-refractivity contribution < 1.29 is 28.2 Å². The van der Waals surface area contributed by atoms with Gasteiger partial charge in [0.2, 0.25) is 10.0 Å². The summed E-state index contributed by atoms with van der Waals surface area (Å²) in [7, 11) is -4.13. The number of carboxylic acid groups (broad SMARTS) is 2. The molecule has 0 saturated carbocycles. The molecule has 0 saturated heterocycles. The second kappa shape index (κ2) is 6.76. The van der Waals surface area contributed by atoms with Gasteiger partial charge in [0.1, 0.15) is 0 Å². The first kappa shape index (κ1) is 16.9. The molecule has 0 aliphatic carbocycles. The lowest BCUT2D eigenvalue weighted by Gasteiger charge is -2.20. The zero-order valence-electron chi connectivity index (χ0n) is 11.9. The molecule has 0 bridgehead atoms. The van der Waals surface area contributed by atoms with Gasteiger partial charge < -0.3 is 19.8 Å². The fraction of sp³-hybridized carbons (Fsp3) is 0.200. The van der Waals surface area contributed by atoms with E-state index in [1.807, 2.05) is 10.8 Å². The fourth-order valence-corrected chi connectivity index (χ4v) is 3.33. The SMILES string of the molecule is O=C([O-])CC[C@@H](NS(=O)(=O)c1ccc2ccccc2c1)C(=O)[O-]. The van der Waals surface area contributed by atoms with Crippen molar-refractivity contribution in [3.8, 4) is 0 Å². The standard InChI is InChI=1S/C15H15NO6S/c17-14(18)8-7-13(15(19)20)16-23(21,22)12-6-5-10-3-1-2-4-11(10)9-12/h1-6,9,13,16H,7-8H2,(H,17,18)(H,19,20)/p-2/t13-/m1/s1. The second-order valence-corrected chi connectivity index (χ2v) is 6.63. The number of aliphatic carboxylic acids is 2. The maximum Gasteiger partial charge on any atom is 0.241 e. The molecule has 0 unspecified atom stereocenters. The maximum absolute atomic E-state index is 12.3. The number of rotatable bonds is 7. The largest absolute Gasteiger partial charge is 0.550 e. The quantitative estimate of drug-likeness (QED) is 0.675. The highest BCUT2D eigenvalue weighted by Gasteiger charge is 2.21. The van der Waals surface area contributed by atoms with Crippen molar-refractivity contribution in [1.82, 2.24) is 4.72 Å². The van der Waals surface area contributed by atoms with E-state index in [1.54, 1.807) is 24.3 Å². The number of fused-ring (bicyclic) bond motifs is 1. The molecule has 0 radical (unpaired) electrons. The van der Waals surface area contributed by atoms with Gasteiger partial charge >= 0.3 is 0 Å². The third kappa shape index (κ3) is 4.27. The first-order valence-electron chi connectivity index (χ1n) is 6.71. The van der Waals surface area contributed by atoms with E-state index in [0.717, 1.165) is 5.39 Å². The summed E-state index contributed by atoms with van der Waals surface area (Å²) >= 11 is 0. The molecular formula is C15H13NO6S-2. The predicted octanol–water partition coefficient (Wildman–Crippen LogP) is -1.23. The molecular weight excluding hydrogens is 322 g/mol. The second-order valence-electron chi connectivity index (χ2n) is 4.91. The van der Waals surface area contributed by atoms with Crippen molar-refractivity contribution in [1.29, 1.82) is 0 Å². The molecule has 0 fully saturated rings. The van der Waals surface area contributed by atoms with Crippen LogP contribution in [0.5, 0.6) is 0 Å². The van der Waals surface area contributed by atoms with Crippen molar-refractivity contribution in [2.75, 3.05) is 0 Å². The monoisotopic (exact) mass is 335 g/mol. The molecule has 0 amide bonds. The van der Waals surface area contributed by atoms with Gasteiger partial charge in [-0.15, -0.1) is 0 Å². The van der Waals surface area contributed by atoms with E-state index >= 15 is 0 Å². The van der Waals surface area contributed by atoms with Gasteiger partial charge in [-0.05, 0) is 35.7 Å². The number of benzene rings is 2. The van der Waals surface area contributed by atoms with Crippen molar-refractivity contribution in [3.63, 3.8) is 0 Å². The minimum Gasteiger partial charge on any atom is -0.550 e. The molecule has 0 aliphatic rings. The molecule has 0 heterocycles. The van der Waals surface area contributed by atoms with Crippen molar-refractivity contribution in [3.05, 3.63) is 42.5 Å². The van der Waals surface area contributed by atoms with E-state index in [1.165, 1.54) is 12.1 Å². The Labute approximate surface area is 132 Å². The van der Waals surface area contributed by atoms with Crippen LogP contribution >= 0.6 is 0 Å². The first-order valence-corrected chi connectivity index (χ1v) is 8.20. The van der Waals surface area contributed by atoms with Gasteiger partial charge in [-0.25, -0.2) is 13.1 Å². The smallest absolute Gasteiger partial charge is 0.241 e. The predicted molar refractivity (Wildman–Crippen MR) is 77.3 cm³/mol. The highest BCUT2D eigenvalue weighted by Crippen LogP contribution is 2.19. The Hall–Kier alpha value is -2.45. The lowest BCUT2D eigenvalue weighted by molar-refractivity contribution is -0.309. The Kier molecular flexibility index (Phi) is 4.97. The highest BCUT2D eigenvalue weighted by atomic mass is 32.2. The molecule has 23 heavy (non-hydrogen) atoms. The molecule has 2 aromatic carbocycles. The lowest BCUT2D eigenvalue weighted by atomic mass is 10.1. The van der Waals surface area contributed by atoms with E-state index in [9.17, 15) is 28.2 Å². The topological polar surface area (TPSA) is 126 Å². The molecule has 0 aliphatic heterocycles. The Morgan fingerprint density at radius 1 is 1.04 bits per heavy atom. The number of hydrogen-bond donors (Lipinski definition) is 1. The average molecular weight is 335 g/mol. The zero-order chi connectivity index (χ0) is 17.0. The van der Waals surface area contributed by atoms with Crippen LogP contribution in [-0.2, 0) is 19.6 Å². The molecule has 0 aromatic heterocycles. The van der Waals surface area contributed by atoms with Crippen LogP contribution in [0.3, 0.4) is 0 Å². The number of hydrogen-bond acceptors (Lipinski definition) is 6. The van der Waals surface area contributed by atoms with Crippen LogP contribution in [0, 0.1) is 0 Å². The van der Waals surface area contributed by atoms with Gasteiger partial charge in [-0.1, -0.05) is 30.3 Å². The molecule has 0 spiro atoms. The van der Waals surface area contributed by atoms with Crippen LogP contribution in [0.15, 0.2) is 47.4 Å². The Balaban J connectivity index is 2.27. The third-order valence-electron chi connectivity index (χ3n) is 3.25. The van der Waals surface area contributed by atoms with Gasteiger partial charge in [0.25, 0.3) is 0 Å². The summed E-state index contributed by atoms with van der Waals surface area (Å²) in [5, 5.41) is 22.9. The molecule has 1 N–H and O–H groups in total.